The number of hydrogen-bond acceptors (Lipinski definition) is 2. The van der Waals surface area contributed by atoms with Gasteiger partial charge in [-0.2, -0.15) is 0 Å². The van der Waals surface area contributed by atoms with Crippen LogP contribution in [0.4, 0.5) is 0 Å². The van der Waals surface area contributed by atoms with Crippen molar-refractivity contribution in [1.82, 2.24) is 9.80 Å². The molecular formula is C16H32N2. The molecule has 1 unspecified atom stereocenters. The van der Waals surface area contributed by atoms with Gasteiger partial charge in [0.15, 0.2) is 0 Å². The van der Waals surface area contributed by atoms with E-state index in [-0.39, 0.29) is 0 Å². The fourth-order valence-electron chi connectivity index (χ4n) is 3.74. The van der Waals surface area contributed by atoms with E-state index in [9.17, 15) is 0 Å². The van der Waals surface area contributed by atoms with Gasteiger partial charge in [-0.1, -0.05) is 12.8 Å². The summed E-state index contributed by atoms with van der Waals surface area (Å²) in [7, 11) is 0. The summed E-state index contributed by atoms with van der Waals surface area (Å²) in [5.41, 5.74) is 0.397. The minimum absolute atomic E-state index is 0.397. The average molecular weight is 252 g/mol. The lowest BCUT2D eigenvalue weighted by molar-refractivity contribution is 0.0663. The van der Waals surface area contributed by atoms with Crippen LogP contribution >= 0.6 is 0 Å². The number of hydrogen-bond donors (Lipinski definition) is 0. The summed E-state index contributed by atoms with van der Waals surface area (Å²) in [5, 5.41) is 0. The van der Waals surface area contributed by atoms with E-state index in [1.165, 1.54) is 58.3 Å². The summed E-state index contributed by atoms with van der Waals surface area (Å²) < 4.78 is 0. The minimum atomic E-state index is 0.397. The van der Waals surface area contributed by atoms with Crippen LogP contribution in [0.25, 0.3) is 0 Å². The van der Waals surface area contributed by atoms with Crippen LogP contribution in [0, 0.1) is 5.92 Å². The van der Waals surface area contributed by atoms with E-state index in [4.69, 9.17) is 0 Å². The van der Waals surface area contributed by atoms with Crippen molar-refractivity contribution in [3.63, 3.8) is 0 Å². The molecule has 0 bridgehead atoms. The molecule has 2 saturated heterocycles. The van der Waals surface area contributed by atoms with Gasteiger partial charge in [-0.05, 0) is 72.5 Å². The van der Waals surface area contributed by atoms with Crippen molar-refractivity contribution < 1.29 is 0 Å². The first kappa shape index (κ1) is 14.3. The van der Waals surface area contributed by atoms with Crippen LogP contribution in [0.5, 0.6) is 0 Å². The summed E-state index contributed by atoms with van der Waals surface area (Å²) in [5.74, 6) is 0.859. The SMILES string of the molecule is CC(C)N1CCC(C(C)(C)N2CCCCCC2)C1. The Hall–Kier alpha value is -0.0800. The Morgan fingerprint density at radius 1 is 0.944 bits per heavy atom. The van der Waals surface area contributed by atoms with Crippen LogP contribution < -0.4 is 0 Å². The van der Waals surface area contributed by atoms with Gasteiger partial charge in [0.1, 0.15) is 0 Å². The van der Waals surface area contributed by atoms with Gasteiger partial charge >= 0.3 is 0 Å². The van der Waals surface area contributed by atoms with Gasteiger partial charge in [0.25, 0.3) is 0 Å². The largest absolute Gasteiger partial charge is 0.301 e. The van der Waals surface area contributed by atoms with Crippen LogP contribution in [0.3, 0.4) is 0 Å². The maximum absolute atomic E-state index is 2.79. The van der Waals surface area contributed by atoms with Crippen LogP contribution in [0.15, 0.2) is 0 Å². The Bertz CT molecular complexity index is 252. The van der Waals surface area contributed by atoms with Gasteiger partial charge in [-0.25, -0.2) is 0 Å². The van der Waals surface area contributed by atoms with E-state index in [1.807, 2.05) is 0 Å². The van der Waals surface area contributed by atoms with Crippen LogP contribution in [0.1, 0.15) is 59.8 Å². The maximum Gasteiger partial charge on any atom is 0.0194 e. The molecular weight excluding hydrogens is 220 g/mol. The minimum Gasteiger partial charge on any atom is -0.301 e. The molecule has 0 saturated carbocycles. The van der Waals surface area contributed by atoms with Crippen molar-refractivity contribution in [2.24, 2.45) is 5.92 Å². The molecule has 0 aromatic rings. The molecule has 0 radical (unpaired) electrons. The fourth-order valence-corrected chi connectivity index (χ4v) is 3.74. The third kappa shape index (κ3) is 3.08. The third-order valence-corrected chi connectivity index (χ3v) is 5.37. The Balaban J connectivity index is 1.97. The lowest BCUT2D eigenvalue weighted by atomic mass is 9.84. The third-order valence-electron chi connectivity index (χ3n) is 5.37. The molecule has 0 spiro atoms. The van der Waals surface area contributed by atoms with E-state index in [1.54, 1.807) is 0 Å². The zero-order valence-electron chi connectivity index (χ0n) is 12.9. The van der Waals surface area contributed by atoms with E-state index in [0.717, 1.165) is 12.0 Å². The zero-order valence-corrected chi connectivity index (χ0v) is 12.9. The van der Waals surface area contributed by atoms with Crippen LogP contribution in [-0.2, 0) is 0 Å². The van der Waals surface area contributed by atoms with Crippen molar-refractivity contribution in [3.8, 4) is 0 Å². The van der Waals surface area contributed by atoms with Crippen molar-refractivity contribution in [2.45, 2.75) is 71.4 Å². The molecule has 2 heteroatoms. The number of nitrogens with zero attached hydrogens (tertiary/aromatic N) is 2. The highest BCUT2D eigenvalue weighted by Gasteiger charge is 2.39. The molecule has 2 fully saturated rings. The van der Waals surface area contributed by atoms with Crippen molar-refractivity contribution >= 4 is 0 Å². The van der Waals surface area contributed by atoms with E-state index in [2.05, 4.69) is 37.5 Å². The van der Waals surface area contributed by atoms with E-state index in [0.29, 0.717) is 5.54 Å². The van der Waals surface area contributed by atoms with Gasteiger partial charge in [0.2, 0.25) is 0 Å². The van der Waals surface area contributed by atoms with Crippen LogP contribution in [-0.4, -0.2) is 47.6 Å². The summed E-state index contributed by atoms with van der Waals surface area (Å²) >= 11 is 0. The molecule has 2 heterocycles. The van der Waals surface area contributed by atoms with E-state index < -0.39 is 0 Å². The fraction of sp³-hybridized carbons (Fsp3) is 1.00. The summed E-state index contributed by atoms with van der Waals surface area (Å²) in [6.45, 7) is 14.9. The lowest BCUT2D eigenvalue weighted by Crippen LogP contribution is -2.50. The molecule has 2 aliphatic rings. The smallest absolute Gasteiger partial charge is 0.0194 e. The Kier molecular flexibility index (Phi) is 4.71. The Labute approximate surface area is 114 Å². The second-order valence-corrected chi connectivity index (χ2v) is 7.13. The van der Waals surface area contributed by atoms with Crippen molar-refractivity contribution in [1.29, 1.82) is 0 Å². The molecule has 0 N–H and O–H groups in total. The monoisotopic (exact) mass is 252 g/mol. The molecule has 0 aliphatic carbocycles. The van der Waals surface area contributed by atoms with Gasteiger partial charge in [0, 0.05) is 18.1 Å². The first-order valence-corrected chi connectivity index (χ1v) is 8.01. The molecule has 106 valence electrons. The predicted octanol–water partition coefficient (Wildman–Crippen LogP) is 3.37. The molecule has 2 nitrogen and oxygen atoms in total. The quantitative estimate of drug-likeness (QED) is 0.760. The predicted molar refractivity (Wildman–Crippen MR) is 78.9 cm³/mol. The first-order valence-electron chi connectivity index (χ1n) is 8.01. The topological polar surface area (TPSA) is 6.48 Å². The zero-order chi connectivity index (χ0) is 13.2. The molecule has 0 aromatic heterocycles. The second-order valence-electron chi connectivity index (χ2n) is 7.13. The average Bonchev–Trinajstić information content (AvgIpc) is 2.66. The first-order chi connectivity index (χ1) is 8.51. The highest BCUT2D eigenvalue weighted by atomic mass is 15.2. The molecule has 2 rings (SSSR count). The lowest BCUT2D eigenvalue weighted by Gasteiger charge is -2.43. The number of likely N-dealkylation sites (tertiary alicyclic amines) is 2. The molecule has 1 atom stereocenters. The van der Waals surface area contributed by atoms with Gasteiger partial charge in [-0.3, -0.25) is 4.90 Å². The summed E-state index contributed by atoms with van der Waals surface area (Å²) in [4.78, 5) is 5.44. The molecule has 0 aromatic carbocycles. The highest BCUT2D eigenvalue weighted by Crippen LogP contribution is 2.34. The van der Waals surface area contributed by atoms with Gasteiger partial charge < -0.3 is 4.90 Å². The number of rotatable bonds is 3. The molecule has 0 amide bonds. The standard InChI is InChI=1S/C16H32N2/c1-14(2)17-12-9-15(13-17)16(3,4)18-10-7-5-6-8-11-18/h14-15H,5-13H2,1-4H3. The second kappa shape index (κ2) is 5.92. The maximum atomic E-state index is 2.79. The molecule has 18 heavy (non-hydrogen) atoms. The van der Waals surface area contributed by atoms with Crippen molar-refractivity contribution in [3.05, 3.63) is 0 Å². The highest BCUT2D eigenvalue weighted by molar-refractivity contribution is 4.95. The Morgan fingerprint density at radius 3 is 2.06 bits per heavy atom. The summed E-state index contributed by atoms with van der Waals surface area (Å²) in [6.07, 6.45) is 7.08. The van der Waals surface area contributed by atoms with Gasteiger partial charge in [0.05, 0.1) is 0 Å². The van der Waals surface area contributed by atoms with Gasteiger partial charge in [-0.15, -0.1) is 0 Å². The van der Waals surface area contributed by atoms with Crippen molar-refractivity contribution in [2.75, 3.05) is 26.2 Å². The van der Waals surface area contributed by atoms with E-state index >= 15 is 0 Å². The Morgan fingerprint density at radius 2 is 1.56 bits per heavy atom. The molecule has 2 aliphatic heterocycles. The normalized spacial score (nSPS) is 28.8. The van der Waals surface area contributed by atoms with Crippen LogP contribution in [0.2, 0.25) is 0 Å². The summed E-state index contributed by atoms with van der Waals surface area (Å²) in [6, 6.07) is 0.718.